The first kappa shape index (κ1) is 14.0. The highest BCUT2D eigenvalue weighted by molar-refractivity contribution is 5.92. The van der Waals surface area contributed by atoms with Gasteiger partial charge in [-0.3, -0.25) is 9.89 Å². The van der Waals surface area contributed by atoms with Gasteiger partial charge in [-0.15, -0.1) is 12.4 Å². The van der Waals surface area contributed by atoms with Crippen LogP contribution >= 0.6 is 12.4 Å². The molecule has 1 aromatic heterocycles. The van der Waals surface area contributed by atoms with Crippen molar-refractivity contribution in [3.63, 3.8) is 0 Å². The van der Waals surface area contributed by atoms with Crippen molar-refractivity contribution in [3.8, 4) is 0 Å². The second-order valence-electron chi connectivity index (χ2n) is 4.52. The molecule has 1 aliphatic carbocycles. The van der Waals surface area contributed by atoms with E-state index in [0.29, 0.717) is 11.7 Å². The van der Waals surface area contributed by atoms with Crippen molar-refractivity contribution in [1.29, 1.82) is 0 Å². The summed E-state index contributed by atoms with van der Waals surface area (Å²) in [5.41, 5.74) is 7.18. The molecule has 6 heteroatoms. The monoisotopic (exact) mass is 258 g/mol. The Kier molecular flexibility index (Phi) is 4.96. The van der Waals surface area contributed by atoms with E-state index >= 15 is 0 Å². The fourth-order valence-electron chi connectivity index (χ4n) is 2.06. The summed E-state index contributed by atoms with van der Waals surface area (Å²) < 4.78 is 0. The maximum absolute atomic E-state index is 11.8. The van der Waals surface area contributed by atoms with Crippen molar-refractivity contribution in [3.05, 3.63) is 17.5 Å². The van der Waals surface area contributed by atoms with Crippen LogP contribution in [0, 0.1) is 6.92 Å². The SMILES string of the molecule is Cc1cc(C(=O)NC2CCC(N)CC2)n[nH]1.Cl. The lowest BCUT2D eigenvalue weighted by Crippen LogP contribution is -2.40. The highest BCUT2D eigenvalue weighted by Gasteiger charge is 2.21. The number of nitrogens with one attached hydrogen (secondary N) is 2. The van der Waals surface area contributed by atoms with Crippen LogP contribution in [0.2, 0.25) is 0 Å². The molecular formula is C11H19ClN4O. The molecule has 0 saturated heterocycles. The fourth-order valence-corrected chi connectivity index (χ4v) is 2.06. The number of nitrogens with zero attached hydrogens (tertiary/aromatic N) is 1. The molecule has 1 fully saturated rings. The van der Waals surface area contributed by atoms with Gasteiger partial charge in [-0.2, -0.15) is 5.10 Å². The number of aromatic amines is 1. The molecule has 0 bridgehead atoms. The second kappa shape index (κ2) is 6.02. The number of H-pyrrole nitrogens is 1. The average molecular weight is 259 g/mol. The topological polar surface area (TPSA) is 83.8 Å². The lowest BCUT2D eigenvalue weighted by Gasteiger charge is -2.26. The second-order valence-corrected chi connectivity index (χ2v) is 4.52. The summed E-state index contributed by atoms with van der Waals surface area (Å²) in [4.78, 5) is 11.8. The molecule has 1 amide bonds. The van der Waals surface area contributed by atoms with Crippen LogP contribution in [0.3, 0.4) is 0 Å². The third kappa shape index (κ3) is 3.71. The van der Waals surface area contributed by atoms with Crippen molar-refractivity contribution >= 4 is 18.3 Å². The third-order valence-electron chi connectivity index (χ3n) is 3.05. The van der Waals surface area contributed by atoms with Crippen LogP contribution in [0.5, 0.6) is 0 Å². The van der Waals surface area contributed by atoms with Gasteiger partial charge in [-0.05, 0) is 38.7 Å². The summed E-state index contributed by atoms with van der Waals surface area (Å²) in [6.07, 6.45) is 3.92. The fraction of sp³-hybridized carbons (Fsp3) is 0.636. The van der Waals surface area contributed by atoms with Crippen LogP contribution in [0.1, 0.15) is 41.9 Å². The molecule has 0 radical (unpaired) electrons. The van der Waals surface area contributed by atoms with Gasteiger partial charge >= 0.3 is 0 Å². The number of hydrogen-bond donors (Lipinski definition) is 3. The zero-order valence-electron chi connectivity index (χ0n) is 9.90. The van der Waals surface area contributed by atoms with E-state index in [1.807, 2.05) is 6.92 Å². The highest BCUT2D eigenvalue weighted by atomic mass is 35.5. The van der Waals surface area contributed by atoms with E-state index in [0.717, 1.165) is 31.4 Å². The molecule has 0 atom stereocenters. The van der Waals surface area contributed by atoms with E-state index in [4.69, 9.17) is 5.73 Å². The van der Waals surface area contributed by atoms with Crippen LogP contribution in [0.15, 0.2) is 6.07 Å². The van der Waals surface area contributed by atoms with Crippen LogP contribution in [0.25, 0.3) is 0 Å². The number of carbonyl (C=O) groups is 1. The summed E-state index contributed by atoms with van der Waals surface area (Å²) in [6.45, 7) is 1.88. The van der Waals surface area contributed by atoms with Crippen molar-refractivity contribution < 1.29 is 4.79 Å². The van der Waals surface area contributed by atoms with E-state index < -0.39 is 0 Å². The lowest BCUT2D eigenvalue weighted by atomic mass is 9.92. The molecule has 4 N–H and O–H groups in total. The highest BCUT2D eigenvalue weighted by Crippen LogP contribution is 2.17. The van der Waals surface area contributed by atoms with E-state index in [9.17, 15) is 4.79 Å². The van der Waals surface area contributed by atoms with Crippen molar-refractivity contribution in [2.24, 2.45) is 5.73 Å². The molecule has 17 heavy (non-hydrogen) atoms. The number of halogens is 1. The van der Waals surface area contributed by atoms with Gasteiger partial charge in [0.25, 0.3) is 5.91 Å². The predicted molar refractivity (Wildman–Crippen MR) is 68.3 cm³/mol. The molecule has 1 aromatic rings. The molecule has 0 aliphatic heterocycles. The number of aromatic nitrogens is 2. The lowest BCUT2D eigenvalue weighted by molar-refractivity contribution is 0.0921. The minimum atomic E-state index is -0.0928. The maximum Gasteiger partial charge on any atom is 0.271 e. The molecule has 0 unspecified atom stereocenters. The minimum Gasteiger partial charge on any atom is -0.348 e. The molecule has 0 aromatic carbocycles. The quantitative estimate of drug-likeness (QED) is 0.744. The normalized spacial score (nSPS) is 23.9. The minimum absolute atomic E-state index is 0. The first-order valence-electron chi connectivity index (χ1n) is 5.73. The number of rotatable bonds is 2. The smallest absolute Gasteiger partial charge is 0.271 e. The molecule has 1 heterocycles. The van der Waals surface area contributed by atoms with Crippen LogP contribution in [-0.4, -0.2) is 28.2 Å². The van der Waals surface area contributed by atoms with Gasteiger partial charge in [0, 0.05) is 17.8 Å². The predicted octanol–water partition coefficient (Wildman–Crippen LogP) is 1.14. The van der Waals surface area contributed by atoms with Gasteiger partial charge in [0.2, 0.25) is 0 Å². The molecule has 2 rings (SSSR count). The Balaban J connectivity index is 0.00000144. The van der Waals surface area contributed by atoms with Gasteiger partial charge < -0.3 is 11.1 Å². The Hall–Kier alpha value is -1.07. The van der Waals surface area contributed by atoms with Crippen LogP contribution in [0.4, 0.5) is 0 Å². The standard InChI is InChI=1S/C11H18N4O.ClH/c1-7-6-10(15-14-7)11(16)13-9-4-2-8(12)3-5-9;/h6,8-9H,2-5,12H2,1H3,(H,13,16)(H,14,15);1H. The van der Waals surface area contributed by atoms with Gasteiger partial charge in [0.05, 0.1) is 0 Å². The zero-order valence-corrected chi connectivity index (χ0v) is 10.7. The average Bonchev–Trinajstić information content (AvgIpc) is 2.68. The number of amides is 1. The van der Waals surface area contributed by atoms with E-state index in [1.54, 1.807) is 6.07 Å². The summed E-state index contributed by atoms with van der Waals surface area (Å²) in [5.74, 6) is -0.0928. The zero-order chi connectivity index (χ0) is 11.5. The molecule has 5 nitrogen and oxygen atoms in total. The van der Waals surface area contributed by atoms with Gasteiger partial charge in [0.15, 0.2) is 0 Å². The molecular weight excluding hydrogens is 240 g/mol. The summed E-state index contributed by atoms with van der Waals surface area (Å²) in [5, 5.41) is 9.69. The van der Waals surface area contributed by atoms with Crippen molar-refractivity contribution in [1.82, 2.24) is 15.5 Å². The maximum atomic E-state index is 11.8. The Morgan fingerprint density at radius 3 is 2.65 bits per heavy atom. The van der Waals surface area contributed by atoms with E-state index in [2.05, 4.69) is 15.5 Å². The van der Waals surface area contributed by atoms with E-state index in [-0.39, 0.29) is 24.4 Å². The van der Waals surface area contributed by atoms with E-state index in [1.165, 1.54) is 0 Å². The number of hydrogen-bond acceptors (Lipinski definition) is 3. The first-order chi connectivity index (χ1) is 7.65. The largest absolute Gasteiger partial charge is 0.348 e. The van der Waals surface area contributed by atoms with Crippen LogP contribution in [-0.2, 0) is 0 Å². The Labute approximate surface area is 107 Å². The molecule has 0 spiro atoms. The Morgan fingerprint density at radius 1 is 1.47 bits per heavy atom. The Morgan fingerprint density at radius 2 is 2.12 bits per heavy atom. The number of carbonyl (C=O) groups excluding carboxylic acids is 1. The molecule has 1 saturated carbocycles. The number of nitrogens with two attached hydrogens (primary N) is 1. The van der Waals surface area contributed by atoms with Crippen LogP contribution < -0.4 is 11.1 Å². The summed E-state index contributed by atoms with van der Waals surface area (Å²) in [7, 11) is 0. The number of aryl methyl sites for hydroxylation is 1. The summed E-state index contributed by atoms with van der Waals surface area (Å²) >= 11 is 0. The molecule has 1 aliphatic rings. The Bertz CT molecular complexity index is 371. The van der Waals surface area contributed by atoms with Gasteiger partial charge in [-0.1, -0.05) is 0 Å². The van der Waals surface area contributed by atoms with Gasteiger partial charge in [0.1, 0.15) is 5.69 Å². The third-order valence-corrected chi connectivity index (χ3v) is 3.05. The van der Waals surface area contributed by atoms with Crippen molar-refractivity contribution in [2.45, 2.75) is 44.7 Å². The molecule has 96 valence electrons. The summed E-state index contributed by atoms with van der Waals surface area (Å²) in [6, 6.07) is 2.31. The van der Waals surface area contributed by atoms with Gasteiger partial charge in [-0.25, -0.2) is 0 Å². The van der Waals surface area contributed by atoms with Crippen molar-refractivity contribution in [2.75, 3.05) is 0 Å². The first-order valence-corrected chi connectivity index (χ1v) is 5.73.